The number of aromatic nitrogens is 1. The van der Waals surface area contributed by atoms with Gasteiger partial charge in [-0.3, -0.25) is 0 Å². The van der Waals surface area contributed by atoms with E-state index in [1.165, 1.54) is 4.88 Å². The maximum Gasteiger partial charge on any atom is 0.185 e. The van der Waals surface area contributed by atoms with Gasteiger partial charge in [-0.2, -0.15) is 0 Å². The van der Waals surface area contributed by atoms with Crippen molar-refractivity contribution in [3.05, 3.63) is 35.2 Å². The van der Waals surface area contributed by atoms with Crippen molar-refractivity contribution in [2.24, 2.45) is 0 Å². The van der Waals surface area contributed by atoms with Crippen LogP contribution in [0.4, 0.5) is 5.13 Å². The summed E-state index contributed by atoms with van der Waals surface area (Å²) < 4.78 is 5.42. The van der Waals surface area contributed by atoms with Crippen LogP contribution in [0.2, 0.25) is 0 Å². The molecule has 2 aromatic rings. The van der Waals surface area contributed by atoms with Gasteiger partial charge in [0.2, 0.25) is 0 Å². The number of anilines is 1. The lowest BCUT2D eigenvalue weighted by Gasteiger charge is -2.18. The van der Waals surface area contributed by atoms with Crippen molar-refractivity contribution >= 4 is 16.5 Å². The lowest BCUT2D eigenvalue weighted by molar-refractivity contribution is 0.503. The number of hydrogen-bond acceptors (Lipinski definition) is 5. The van der Waals surface area contributed by atoms with Crippen molar-refractivity contribution in [2.45, 2.75) is 39.8 Å². The Morgan fingerprint density at radius 3 is 2.95 bits per heavy atom. The van der Waals surface area contributed by atoms with Crippen molar-refractivity contribution in [1.82, 2.24) is 10.3 Å². The van der Waals surface area contributed by atoms with Crippen LogP contribution in [0.25, 0.3) is 0 Å². The maximum absolute atomic E-state index is 5.42. The highest BCUT2D eigenvalue weighted by Crippen LogP contribution is 2.28. The molecule has 0 saturated heterocycles. The van der Waals surface area contributed by atoms with Gasteiger partial charge in [-0.05, 0) is 38.9 Å². The maximum atomic E-state index is 5.42. The fraction of sp³-hybridized carbons (Fsp3) is 0.533. The Balaban J connectivity index is 2.02. The topological polar surface area (TPSA) is 41.3 Å². The quantitative estimate of drug-likeness (QED) is 0.803. The zero-order valence-electron chi connectivity index (χ0n) is 12.4. The van der Waals surface area contributed by atoms with Crippen molar-refractivity contribution in [1.29, 1.82) is 0 Å². The number of furan rings is 1. The van der Waals surface area contributed by atoms with Crippen LogP contribution in [0.5, 0.6) is 0 Å². The van der Waals surface area contributed by atoms with E-state index < -0.39 is 0 Å². The minimum Gasteiger partial charge on any atom is -0.467 e. The van der Waals surface area contributed by atoms with Crippen molar-refractivity contribution < 1.29 is 4.42 Å². The Labute approximate surface area is 124 Å². The minimum absolute atomic E-state index is 0.364. The Morgan fingerprint density at radius 2 is 2.30 bits per heavy atom. The van der Waals surface area contributed by atoms with Crippen LogP contribution >= 0.6 is 11.3 Å². The first-order valence-corrected chi connectivity index (χ1v) is 8.02. The molecule has 4 nitrogen and oxygen atoms in total. The van der Waals surface area contributed by atoms with Crippen LogP contribution in [-0.2, 0) is 6.54 Å². The van der Waals surface area contributed by atoms with Gasteiger partial charge in [0.05, 0.1) is 12.8 Å². The van der Waals surface area contributed by atoms with Gasteiger partial charge in [-0.25, -0.2) is 4.98 Å². The number of thiazole rings is 1. The molecule has 0 fully saturated rings. The predicted octanol–water partition coefficient (Wildman–Crippen LogP) is 3.82. The number of hydrogen-bond donors (Lipinski definition) is 1. The molecule has 0 saturated carbocycles. The minimum atomic E-state index is 0.364. The first-order chi connectivity index (χ1) is 9.74. The summed E-state index contributed by atoms with van der Waals surface area (Å²) in [5, 5.41) is 4.56. The largest absolute Gasteiger partial charge is 0.467 e. The Hall–Kier alpha value is -1.33. The van der Waals surface area contributed by atoms with E-state index in [1.54, 1.807) is 17.6 Å². The second kappa shape index (κ2) is 7.45. The molecule has 1 atom stereocenters. The number of rotatable bonds is 8. The molecule has 5 heteroatoms. The molecule has 110 valence electrons. The van der Waals surface area contributed by atoms with Gasteiger partial charge < -0.3 is 14.6 Å². The molecule has 1 unspecified atom stereocenters. The van der Waals surface area contributed by atoms with E-state index in [4.69, 9.17) is 4.42 Å². The fourth-order valence-electron chi connectivity index (χ4n) is 1.99. The summed E-state index contributed by atoms with van der Waals surface area (Å²) in [4.78, 5) is 8.08. The second-order valence-corrected chi connectivity index (χ2v) is 5.86. The molecule has 0 spiro atoms. The Bertz CT molecular complexity index is 495. The van der Waals surface area contributed by atoms with Crippen LogP contribution in [0.3, 0.4) is 0 Å². The molecule has 2 heterocycles. The fourth-order valence-corrected chi connectivity index (χ4v) is 2.99. The molecular weight excluding hydrogens is 270 g/mol. The molecule has 0 amide bonds. The van der Waals surface area contributed by atoms with Gasteiger partial charge in [0, 0.05) is 23.7 Å². The van der Waals surface area contributed by atoms with Gasteiger partial charge in [0.15, 0.2) is 5.13 Å². The first kappa shape index (κ1) is 15.1. The highest BCUT2D eigenvalue weighted by Gasteiger charge is 2.14. The zero-order chi connectivity index (χ0) is 14.4. The zero-order valence-corrected chi connectivity index (χ0v) is 13.2. The van der Waals surface area contributed by atoms with Crippen LogP contribution in [0.15, 0.2) is 29.0 Å². The molecule has 0 bridgehead atoms. The second-order valence-electron chi connectivity index (χ2n) is 4.81. The Morgan fingerprint density at radius 1 is 1.45 bits per heavy atom. The predicted molar refractivity (Wildman–Crippen MR) is 84.3 cm³/mol. The molecule has 0 radical (unpaired) electrons. The molecule has 2 rings (SSSR count). The summed E-state index contributed by atoms with van der Waals surface area (Å²) in [5.41, 5.74) is 0. The third kappa shape index (κ3) is 3.84. The molecule has 0 aliphatic carbocycles. The van der Waals surface area contributed by atoms with Crippen LogP contribution < -0.4 is 10.2 Å². The van der Waals surface area contributed by atoms with E-state index >= 15 is 0 Å². The normalized spacial score (nSPS) is 12.6. The molecule has 0 aliphatic rings. The van der Waals surface area contributed by atoms with Crippen molar-refractivity contribution in [2.75, 3.05) is 18.0 Å². The van der Waals surface area contributed by atoms with Crippen LogP contribution in [0.1, 0.15) is 43.9 Å². The molecule has 2 aromatic heterocycles. The van der Waals surface area contributed by atoms with Gasteiger partial charge >= 0.3 is 0 Å². The number of nitrogens with zero attached hydrogens (tertiary/aromatic N) is 2. The average Bonchev–Trinajstić information content (AvgIpc) is 3.13. The summed E-state index contributed by atoms with van der Waals surface area (Å²) in [6, 6.07) is 4.29. The third-order valence-electron chi connectivity index (χ3n) is 3.22. The number of nitrogens with one attached hydrogen (secondary N) is 1. The van der Waals surface area contributed by atoms with Gasteiger partial charge in [0.1, 0.15) is 5.76 Å². The van der Waals surface area contributed by atoms with E-state index in [-0.39, 0.29) is 0 Å². The molecule has 20 heavy (non-hydrogen) atoms. The summed E-state index contributed by atoms with van der Waals surface area (Å²) in [6.45, 7) is 9.24. The van der Waals surface area contributed by atoms with E-state index in [0.29, 0.717) is 6.04 Å². The van der Waals surface area contributed by atoms with Crippen molar-refractivity contribution in [3.8, 4) is 0 Å². The van der Waals surface area contributed by atoms with E-state index in [9.17, 15) is 0 Å². The summed E-state index contributed by atoms with van der Waals surface area (Å²) in [5.74, 6) is 0.973. The van der Waals surface area contributed by atoms with Crippen LogP contribution in [0, 0.1) is 0 Å². The summed E-state index contributed by atoms with van der Waals surface area (Å²) >= 11 is 1.76. The van der Waals surface area contributed by atoms with E-state index in [0.717, 1.165) is 36.9 Å². The molecular formula is C15H23N3OS. The highest BCUT2D eigenvalue weighted by molar-refractivity contribution is 7.15. The smallest absolute Gasteiger partial charge is 0.185 e. The Kier molecular flexibility index (Phi) is 5.61. The van der Waals surface area contributed by atoms with Gasteiger partial charge in [-0.1, -0.05) is 6.92 Å². The molecule has 1 N–H and O–H groups in total. The monoisotopic (exact) mass is 293 g/mol. The van der Waals surface area contributed by atoms with Gasteiger partial charge in [0.25, 0.3) is 0 Å². The summed E-state index contributed by atoms with van der Waals surface area (Å²) in [6.07, 6.45) is 4.85. The molecule has 0 aromatic carbocycles. The van der Waals surface area contributed by atoms with E-state index in [1.807, 2.05) is 18.3 Å². The average molecular weight is 293 g/mol. The first-order valence-electron chi connectivity index (χ1n) is 7.21. The lowest BCUT2D eigenvalue weighted by Crippen LogP contribution is -2.21. The SMILES string of the molecule is CCCNC(C)c1cnc(N(CC)Cc2ccco2)s1. The third-order valence-corrected chi connectivity index (χ3v) is 4.46. The molecule has 0 aliphatic heterocycles. The van der Waals surface area contributed by atoms with E-state index in [2.05, 4.69) is 36.0 Å². The van der Waals surface area contributed by atoms with Crippen LogP contribution in [-0.4, -0.2) is 18.1 Å². The van der Waals surface area contributed by atoms with Gasteiger partial charge in [-0.15, -0.1) is 11.3 Å². The lowest BCUT2D eigenvalue weighted by atomic mass is 10.3. The van der Waals surface area contributed by atoms with Crippen molar-refractivity contribution in [3.63, 3.8) is 0 Å². The summed E-state index contributed by atoms with van der Waals surface area (Å²) in [7, 11) is 0. The highest BCUT2D eigenvalue weighted by atomic mass is 32.1. The standard InChI is InChI=1S/C15H23N3OS/c1-4-8-16-12(3)14-10-17-15(20-14)18(5-2)11-13-7-6-9-19-13/h6-7,9-10,12,16H,4-5,8,11H2,1-3H3.